The summed E-state index contributed by atoms with van der Waals surface area (Å²) in [6, 6.07) is 8.02. The van der Waals surface area contributed by atoms with Crippen molar-refractivity contribution in [3.05, 3.63) is 48.0 Å². The minimum atomic E-state index is 0.0288. The van der Waals surface area contributed by atoms with Crippen LogP contribution in [0.4, 0.5) is 0 Å². The van der Waals surface area contributed by atoms with Crippen molar-refractivity contribution in [1.82, 2.24) is 14.8 Å². The molecule has 2 aromatic heterocycles. The molecule has 2 N–H and O–H groups in total. The largest absolute Gasteiger partial charge is 0.323 e. The monoisotopic (exact) mass is 244 g/mol. The first-order chi connectivity index (χ1) is 8.81. The molecule has 0 radical (unpaired) electrons. The number of pyridine rings is 1. The molecule has 18 heavy (non-hydrogen) atoms. The summed E-state index contributed by atoms with van der Waals surface area (Å²) in [7, 11) is 0. The third-order valence-corrected chi connectivity index (χ3v) is 3.00. The van der Waals surface area contributed by atoms with E-state index in [0.29, 0.717) is 0 Å². The van der Waals surface area contributed by atoms with Gasteiger partial charge in [0.2, 0.25) is 0 Å². The molecule has 0 saturated carbocycles. The van der Waals surface area contributed by atoms with Crippen LogP contribution in [-0.2, 0) is 13.0 Å². The lowest BCUT2D eigenvalue weighted by atomic mass is 10.1. The molecule has 4 heteroatoms. The summed E-state index contributed by atoms with van der Waals surface area (Å²) in [4.78, 5) is 4.31. The van der Waals surface area contributed by atoms with Gasteiger partial charge in [-0.05, 0) is 37.5 Å². The first kappa shape index (κ1) is 12.8. The van der Waals surface area contributed by atoms with Crippen molar-refractivity contribution in [2.24, 2.45) is 5.73 Å². The first-order valence-corrected chi connectivity index (χ1v) is 6.48. The lowest BCUT2D eigenvalue weighted by Gasteiger charge is -2.13. The van der Waals surface area contributed by atoms with Crippen LogP contribution in [0.15, 0.2) is 36.7 Å². The van der Waals surface area contributed by atoms with Gasteiger partial charge in [0, 0.05) is 30.7 Å². The van der Waals surface area contributed by atoms with Crippen molar-refractivity contribution in [2.45, 2.75) is 38.8 Å². The zero-order valence-electron chi connectivity index (χ0n) is 10.8. The van der Waals surface area contributed by atoms with Crippen molar-refractivity contribution in [1.29, 1.82) is 0 Å². The van der Waals surface area contributed by atoms with Crippen LogP contribution in [0.25, 0.3) is 0 Å². The van der Waals surface area contributed by atoms with Gasteiger partial charge in [0.05, 0.1) is 5.69 Å². The average molecular weight is 244 g/mol. The topological polar surface area (TPSA) is 56.7 Å². The zero-order chi connectivity index (χ0) is 12.8. The van der Waals surface area contributed by atoms with Crippen molar-refractivity contribution in [2.75, 3.05) is 0 Å². The second kappa shape index (κ2) is 6.31. The molecule has 2 heterocycles. The molecule has 96 valence electrons. The number of aryl methyl sites for hydroxylation is 2. The Balaban J connectivity index is 1.95. The van der Waals surface area contributed by atoms with Gasteiger partial charge in [-0.1, -0.05) is 13.0 Å². The van der Waals surface area contributed by atoms with E-state index < -0.39 is 0 Å². The third kappa shape index (κ3) is 3.17. The Labute approximate surface area is 108 Å². The van der Waals surface area contributed by atoms with E-state index in [1.165, 1.54) is 0 Å². The molecule has 4 nitrogen and oxygen atoms in total. The lowest BCUT2D eigenvalue weighted by Crippen LogP contribution is -2.17. The fourth-order valence-electron chi connectivity index (χ4n) is 2.05. The van der Waals surface area contributed by atoms with E-state index in [1.54, 1.807) is 0 Å². The van der Waals surface area contributed by atoms with Gasteiger partial charge in [0.1, 0.15) is 0 Å². The summed E-state index contributed by atoms with van der Waals surface area (Å²) in [5.74, 6) is 0. The Morgan fingerprint density at radius 2 is 2.17 bits per heavy atom. The molecule has 0 aliphatic heterocycles. The Hall–Kier alpha value is -1.68. The van der Waals surface area contributed by atoms with Crippen LogP contribution in [0.3, 0.4) is 0 Å². The summed E-state index contributed by atoms with van der Waals surface area (Å²) in [6.07, 6.45) is 6.52. The van der Waals surface area contributed by atoms with Gasteiger partial charge in [-0.3, -0.25) is 9.67 Å². The normalized spacial score (nSPS) is 12.6. The molecule has 0 bridgehead atoms. The molecule has 0 aliphatic carbocycles. The predicted octanol–water partition coefficient (Wildman–Crippen LogP) is 2.32. The van der Waals surface area contributed by atoms with Crippen molar-refractivity contribution in [3.63, 3.8) is 0 Å². The van der Waals surface area contributed by atoms with Gasteiger partial charge in [0.25, 0.3) is 0 Å². The van der Waals surface area contributed by atoms with E-state index in [1.807, 2.05) is 41.3 Å². The van der Waals surface area contributed by atoms with Gasteiger partial charge >= 0.3 is 0 Å². The van der Waals surface area contributed by atoms with E-state index in [4.69, 9.17) is 5.73 Å². The highest BCUT2D eigenvalue weighted by Crippen LogP contribution is 2.16. The summed E-state index contributed by atoms with van der Waals surface area (Å²) in [5, 5.41) is 4.30. The second-order valence-corrected chi connectivity index (χ2v) is 4.45. The van der Waals surface area contributed by atoms with E-state index in [2.05, 4.69) is 17.0 Å². The van der Waals surface area contributed by atoms with Crippen molar-refractivity contribution < 1.29 is 0 Å². The molecular weight excluding hydrogens is 224 g/mol. The molecule has 0 spiro atoms. The number of hydrogen-bond donors (Lipinski definition) is 1. The highest BCUT2D eigenvalue weighted by molar-refractivity contribution is 5.09. The van der Waals surface area contributed by atoms with E-state index in [0.717, 1.165) is 37.2 Å². The lowest BCUT2D eigenvalue weighted by molar-refractivity contribution is 0.522. The smallest absolute Gasteiger partial charge is 0.0551 e. The van der Waals surface area contributed by atoms with Crippen LogP contribution in [0.5, 0.6) is 0 Å². The van der Waals surface area contributed by atoms with Gasteiger partial charge in [-0.15, -0.1) is 0 Å². The van der Waals surface area contributed by atoms with Crippen molar-refractivity contribution in [3.8, 4) is 0 Å². The summed E-state index contributed by atoms with van der Waals surface area (Å²) >= 11 is 0. The average Bonchev–Trinajstić information content (AvgIpc) is 2.86. The maximum Gasteiger partial charge on any atom is 0.0551 e. The maximum atomic E-state index is 6.23. The Morgan fingerprint density at radius 1 is 1.28 bits per heavy atom. The van der Waals surface area contributed by atoms with Crippen LogP contribution in [-0.4, -0.2) is 14.8 Å². The molecule has 0 saturated heterocycles. The highest BCUT2D eigenvalue weighted by atomic mass is 15.3. The Kier molecular flexibility index (Phi) is 4.47. The summed E-state index contributed by atoms with van der Waals surface area (Å²) in [5.41, 5.74) is 8.44. The molecule has 0 fully saturated rings. The minimum Gasteiger partial charge on any atom is -0.323 e. The van der Waals surface area contributed by atoms with Gasteiger partial charge in [0.15, 0.2) is 0 Å². The second-order valence-electron chi connectivity index (χ2n) is 4.45. The molecule has 0 aliphatic rings. The molecule has 1 atom stereocenters. The minimum absolute atomic E-state index is 0.0288. The van der Waals surface area contributed by atoms with Crippen LogP contribution in [0.1, 0.15) is 37.2 Å². The fraction of sp³-hybridized carbons (Fsp3) is 0.429. The quantitative estimate of drug-likeness (QED) is 0.848. The van der Waals surface area contributed by atoms with E-state index in [-0.39, 0.29) is 6.04 Å². The molecule has 0 aromatic carbocycles. The number of nitrogens with zero attached hydrogens (tertiary/aromatic N) is 3. The number of aromatic nitrogens is 3. The Morgan fingerprint density at radius 3 is 2.89 bits per heavy atom. The van der Waals surface area contributed by atoms with Gasteiger partial charge < -0.3 is 5.73 Å². The number of nitrogens with two attached hydrogens (primary N) is 1. The maximum absolute atomic E-state index is 6.23. The van der Waals surface area contributed by atoms with Crippen LogP contribution < -0.4 is 5.73 Å². The fourth-order valence-corrected chi connectivity index (χ4v) is 2.05. The molecule has 2 rings (SSSR count). The SMILES string of the molecule is CCCn1nccc1C(N)CCc1ccccn1. The van der Waals surface area contributed by atoms with E-state index in [9.17, 15) is 0 Å². The molecule has 1 unspecified atom stereocenters. The van der Waals surface area contributed by atoms with Gasteiger partial charge in [-0.25, -0.2) is 0 Å². The van der Waals surface area contributed by atoms with Crippen LogP contribution >= 0.6 is 0 Å². The first-order valence-electron chi connectivity index (χ1n) is 6.48. The Bertz CT molecular complexity index is 464. The molecule has 2 aromatic rings. The summed E-state index contributed by atoms with van der Waals surface area (Å²) in [6.45, 7) is 3.07. The molecule has 0 amide bonds. The van der Waals surface area contributed by atoms with Crippen LogP contribution in [0, 0.1) is 0 Å². The van der Waals surface area contributed by atoms with Crippen molar-refractivity contribution >= 4 is 0 Å². The van der Waals surface area contributed by atoms with Crippen LogP contribution in [0.2, 0.25) is 0 Å². The standard InChI is InChI=1S/C14H20N4/c1-2-11-18-14(8-10-17-18)13(15)7-6-12-5-3-4-9-16-12/h3-5,8-10,13H,2,6-7,11,15H2,1H3. The summed E-state index contributed by atoms with van der Waals surface area (Å²) < 4.78 is 2.00. The number of hydrogen-bond acceptors (Lipinski definition) is 3. The molecular formula is C14H20N4. The third-order valence-electron chi connectivity index (χ3n) is 3.00. The zero-order valence-corrected chi connectivity index (χ0v) is 10.8. The highest BCUT2D eigenvalue weighted by Gasteiger charge is 2.11. The number of rotatable bonds is 6. The van der Waals surface area contributed by atoms with E-state index >= 15 is 0 Å². The predicted molar refractivity (Wildman–Crippen MR) is 72.0 cm³/mol. The van der Waals surface area contributed by atoms with Gasteiger partial charge in [-0.2, -0.15) is 5.10 Å².